The highest BCUT2D eigenvalue weighted by Crippen LogP contribution is 2.50. The third-order valence-electron chi connectivity index (χ3n) is 6.55. The lowest BCUT2D eigenvalue weighted by atomic mass is 9.77. The van der Waals surface area contributed by atoms with Gasteiger partial charge in [-0.15, -0.1) is 0 Å². The molecule has 4 aliphatic heterocycles. The first-order valence-corrected chi connectivity index (χ1v) is 9.79. The maximum atomic E-state index is 13.7. The highest BCUT2D eigenvalue weighted by atomic mass is 19.1. The van der Waals surface area contributed by atoms with E-state index >= 15 is 0 Å². The molecule has 6 rings (SSSR count). The van der Waals surface area contributed by atoms with E-state index in [-0.39, 0.29) is 35.5 Å². The second-order valence-corrected chi connectivity index (χ2v) is 7.98. The summed E-state index contributed by atoms with van der Waals surface area (Å²) in [5.41, 5.74) is 2.37. The molecule has 3 fully saturated rings. The van der Waals surface area contributed by atoms with Crippen molar-refractivity contribution in [2.75, 3.05) is 11.5 Å². The van der Waals surface area contributed by atoms with Gasteiger partial charge in [0.25, 0.3) is 0 Å². The van der Waals surface area contributed by atoms with Crippen LogP contribution in [0, 0.1) is 17.7 Å². The third kappa shape index (κ3) is 2.33. The number of benzene rings is 2. The minimum Gasteiger partial charge on any atom is -0.353 e. The molecule has 4 aliphatic rings. The average Bonchev–Trinajstić information content (AvgIpc) is 3.33. The molecule has 0 saturated carbocycles. The fourth-order valence-electron chi connectivity index (χ4n) is 5.36. The number of nitrogens with zero attached hydrogens (tertiary/aromatic N) is 1. The van der Waals surface area contributed by atoms with Crippen molar-refractivity contribution in [3.8, 4) is 0 Å². The predicted octanol–water partition coefficient (Wildman–Crippen LogP) is 2.85. The van der Waals surface area contributed by atoms with Crippen molar-refractivity contribution in [2.24, 2.45) is 11.8 Å². The van der Waals surface area contributed by atoms with Crippen LogP contribution in [0.2, 0.25) is 0 Å². The Hall–Kier alpha value is -2.83. The summed E-state index contributed by atoms with van der Waals surface area (Å²) in [5.74, 6) is -1.32. The molecule has 2 bridgehead atoms. The van der Waals surface area contributed by atoms with Crippen molar-refractivity contribution < 1.29 is 23.5 Å². The van der Waals surface area contributed by atoms with Gasteiger partial charge >= 0.3 is 0 Å². The number of fused-ring (bicyclic) bond motifs is 8. The molecule has 146 valence electrons. The SMILES string of the molecule is O=C1[C@H]2OC[C@H](O2)[C@H]2[C@H]1[C@H]1C=Cc3ccccc3N1[C@@H]2C(=O)c1ccc(F)cc1. The second kappa shape index (κ2) is 6.08. The Bertz CT molecular complexity index is 1050. The normalized spacial score (nSPS) is 34.0. The Kier molecular flexibility index (Phi) is 3.58. The average molecular weight is 391 g/mol. The summed E-state index contributed by atoms with van der Waals surface area (Å²) < 4.78 is 24.8. The molecule has 6 heteroatoms. The van der Waals surface area contributed by atoms with E-state index in [9.17, 15) is 14.0 Å². The molecule has 3 saturated heterocycles. The number of ketones is 2. The highest BCUT2D eigenvalue weighted by Gasteiger charge is 2.63. The standard InChI is InChI=1S/C23H18FNO4/c24-14-8-5-13(6-9-14)21(26)20-19-17-11-28-23(29-17)22(27)18(19)16-10-7-12-3-1-2-4-15(12)25(16)20/h1-10,16-20,23H,11H2/t16-,17+,18-,19+,20+,23+/m1/s1. The van der Waals surface area contributed by atoms with Crippen LogP contribution < -0.4 is 4.90 Å². The molecule has 0 aromatic heterocycles. The smallest absolute Gasteiger partial charge is 0.218 e. The van der Waals surface area contributed by atoms with E-state index < -0.39 is 18.1 Å². The minimum absolute atomic E-state index is 0.0998. The topological polar surface area (TPSA) is 55.8 Å². The van der Waals surface area contributed by atoms with E-state index in [1.54, 1.807) is 0 Å². The van der Waals surface area contributed by atoms with Gasteiger partial charge in [-0.25, -0.2) is 4.39 Å². The number of rotatable bonds is 2. The van der Waals surface area contributed by atoms with E-state index in [0.29, 0.717) is 12.2 Å². The highest BCUT2D eigenvalue weighted by molar-refractivity contribution is 6.05. The van der Waals surface area contributed by atoms with Gasteiger partial charge in [0.1, 0.15) is 5.82 Å². The van der Waals surface area contributed by atoms with Crippen LogP contribution >= 0.6 is 0 Å². The molecule has 2 aromatic carbocycles. The number of carbonyl (C=O) groups is 2. The van der Waals surface area contributed by atoms with Crippen LogP contribution in [0.1, 0.15) is 15.9 Å². The lowest BCUT2D eigenvalue weighted by molar-refractivity contribution is -0.163. The van der Waals surface area contributed by atoms with Crippen molar-refractivity contribution in [3.63, 3.8) is 0 Å². The van der Waals surface area contributed by atoms with Gasteiger partial charge in [0.05, 0.1) is 30.7 Å². The first kappa shape index (κ1) is 17.1. The molecular formula is C23H18FNO4. The molecule has 29 heavy (non-hydrogen) atoms. The van der Waals surface area contributed by atoms with Crippen molar-refractivity contribution in [1.29, 1.82) is 0 Å². The van der Waals surface area contributed by atoms with Gasteiger partial charge in [0.2, 0.25) is 6.29 Å². The van der Waals surface area contributed by atoms with E-state index in [0.717, 1.165) is 11.3 Å². The molecule has 0 N–H and O–H groups in total. The zero-order chi connectivity index (χ0) is 19.7. The van der Waals surface area contributed by atoms with Crippen molar-refractivity contribution in [3.05, 3.63) is 71.6 Å². The summed E-state index contributed by atoms with van der Waals surface area (Å²) in [6, 6.07) is 12.6. The fourth-order valence-corrected chi connectivity index (χ4v) is 5.36. The summed E-state index contributed by atoms with van der Waals surface area (Å²) in [6.07, 6.45) is 2.88. The van der Waals surface area contributed by atoms with Crippen LogP contribution in [0.15, 0.2) is 54.6 Å². The number of halogens is 1. The quantitative estimate of drug-likeness (QED) is 0.737. The van der Waals surface area contributed by atoms with Gasteiger partial charge in [0.15, 0.2) is 11.6 Å². The predicted molar refractivity (Wildman–Crippen MR) is 103 cm³/mol. The Morgan fingerprint density at radius 3 is 2.72 bits per heavy atom. The summed E-state index contributed by atoms with van der Waals surface area (Å²) >= 11 is 0. The Labute approximate surface area is 166 Å². The summed E-state index contributed by atoms with van der Waals surface area (Å²) in [7, 11) is 0. The largest absolute Gasteiger partial charge is 0.353 e. The number of anilines is 1. The van der Waals surface area contributed by atoms with Gasteiger partial charge in [0, 0.05) is 17.2 Å². The first-order valence-electron chi connectivity index (χ1n) is 9.79. The number of para-hydroxylation sites is 1. The van der Waals surface area contributed by atoms with Crippen LogP contribution in [-0.2, 0) is 14.3 Å². The monoisotopic (exact) mass is 391 g/mol. The molecule has 0 unspecified atom stereocenters. The number of carbonyl (C=O) groups excluding carboxylic acids is 2. The van der Waals surface area contributed by atoms with Gasteiger partial charge in [-0.2, -0.15) is 0 Å². The second-order valence-electron chi connectivity index (χ2n) is 7.98. The van der Waals surface area contributed by atoms with E-state index in [2.05, 4.69) is 4.90 Å². The van der Waals surface area contributed by atoms with Gasteiger partial charge < -0.3 is 14.4 Å². The molecule has 0 amide bonds. The molecular weight excluding hydrogens is 373 g/mol. The minimum atomic E-state index is -0.839. The first-order chi connectivity index (χ1) is 14.1. The zero-order valence-corrected chi connectivity index (χ0v) is 15.4. The molecule has 4 heterocycles. The Morgan fingerprint density at radius 1 is 1.10 bits per heavy atom. The van der Waals surface area contributed by atoms with Gasteiger partial charge in [-0.05, 0) is 35.9 Å². The molecule has 0 spiro atoms. The lowest BCUT2D eigenvalue weighted by Gasteiger charge is -2.35. The molecule has 6 atom stereocenters. The van der Waals surface area contributed by atoms with Crippen molar-refractivity contribution in [2.45, 2.75) is 24.5 Å². The van der Waals surface area contributed by atoms with Crippen LogP contribution in [0.25, 0.3) is 6.08 Å². The summed E-state index contributed by atoms with van der Waals surface area (Å²) in [4.78, 5) is 28.8. The molecule has 5 nitrogen and oxygen atoms in total. The van der Waals surface area contributed by atoms with Crippen LogP contribution in [0.4, 0.5) is 10.1 Å². The van der Waals surface area contributed by atoms with Crippen LogP contribution in [-0.4, -0.2) is 42.7 Å². The van der Waals surface area contributed by atoms with E-state index in [1.165, 1.54) is 24.3 Å². The Balaban J connectivity index is 1.52. The number of hydrogen-bond acceptors (Lipinski definition) is 5. The third-order valence-corrected chi connectivity index (χ3v) is 6.55. The van der Waals surface area contributed by atoms with Gasteiger partial charge in [-0.1, -0.05) is 30.4 Å². The maximum Gasteiger partial charge on any atom is 0.218 e. The summed E-state index contributed by atoms with van der Waals surface area (Å²) in [5, 5.41) is 0. The van der Waals surface area contributed by atoms with Crippen LogP contribution in [0.5, 0.6) is 0 Å². The number of ether oxygens (including phenoxy) is 2. The summed E-state index contributed by atoms with van der Waals surface area (Å²) in [6.45, 7) is 0.302. The number of Topliss-reactive ketones (excluding diaryl/α,β-unsaturated/α-hetero) is 2. The maximum absolute atomic E-state index is 13.7. The molecule has 0 aliphatic carbocycles. The fraction of sp³-hybridized carbons (Fsp3) is 0.304. The molecule has 0 radical (unpaired) electrons. The molecule has 2 aromatic rings. The van der Waals surface area contributed by atoms with Gasteiger partial charge in [-0.3, -0.25) is 9.59 Å². The number of hydrogen-bond donors (Lipinski definition) is 0. The Morgan fingerprint density at radius 2 is 1.90 bits per heavy atom. The van der Waals surface area contributed by atoms with E-state index in [1.807, 2.05) is 36.4 Å². The lowest BCUT2D eigenvalue weighted by Crippen LogP contribution is -2.48. The van der Waals surface area contributed by atoms with Crippen molar-refractivity contribution in [1.82, 2.24) is 0 Å². The van der Waals surface area contributed by atoms with Crippen LogP contribution in [0.3, 0.4) is 0 Å². The zero-order valence-electron chi connectivity index (χ0n) is 15.4. The van der Waals surface area contributed by atoms with Crippen molar-refractivity contribution >= 4 is 23.3 Å². The van der Waals surface area contributed by atoms with E-state index in [4.69, 9.17) is 9.47 Å².